The number of allylic oxidation sites excluding steroid dienone is 1. The Morgan fingerprint density at radius 3 is 2.64 bits per heavy atom. The molecule has 2 aliphatic heterocycles. The molecule has 1 amide bonds. The average molecular weight is 400 g/mol. The van der Waals surface area contributed by atoms with Crippen LogP contribution in [0.25, 0.3) is 0 Å². The van der Waals surface area contributed by atoms with Crippen LogP contribution < -0.4 is 5.32 Å². The van der Waals surface area contributed by atoms with E-state index in [9.17, 15) is 4.79 Å². The third kappa shape index (κ3) is 3.62. The van der Waals surface area contributed by atoms with Crippen LogP contribution in [0.2, 0.25) is 10.0 Å². The quantitative estimate of drug-likeness (QED) is 0.774. The van der Waals surface area contributed by atoms with Crippen molar-refractivity contribution in [3.63, 3.8) is 0 Å². The molecule has 8 heteroatoms. The van der Waals surface area contributed by atoms with Crippen LogP contribution in [0.5, 0.6) is 0 Å². The lowest BCUT2D eigenvalue weighted by Gasteiger charge is -2.38. The number of hydrogen-bond donors (Lipinski definition) is 1. The Balaban J connectivity index is 2.05. The average Bonchev–Trinajstić information content (AvgIpc) is 2.60. The summed E-state index contributed by atoms with van der Waals surface area (Å²) in [5.74, 6) is -0.0290. The van der Waals surface area contributed by atoms with E-state index in [1.165, 1.54) is 0 Å². The first-order chi connectivity index (χ1) is 11.9. The highest BCUT2D eigenvalue weighted by atomic mass is 35.5. The molecule has 1 N–H and O–H groups in total. The first-order valence-corrected chi connectivity index (χ1v) is 9.13. The molecule has 1 atom stereocenters. The van der Waals surface area contributed by atoms with Crippen LogP contribution in [-0.2, 0) is 9.53 Å². The van der Waals surface area contributed by atoms with Gasteiger partial charge in [-0.15, -0.1) is 0 Å². The van der Waals surface area contributed by atoms with Gasteiger partial charge in [0.05, 0.1) is 24.8 Å². The summed E-state index contributed by atoms with van der Waals surface area (Å²) in [6.45, 7) is 4.14. The van der Waals surface area contributed by atoms with Gasteiger partial charge in [0.2, 0.25) is 0 Å². The first kappa shape index (κ1) is 18.5. The van der Waals surface area contributed by atoms with Gasteiger partial charge < -0.3 is 19.9 Å². The Bertz CT molecular complexity index is 747. The fraction of sp³-hybridized carbons (Fsp3) is 0.412. The molecule has 1 fully saturated rings. The van der Waals surface area contributed by atoms with Crippen molar-refractivity contribution in [3.8, 4) is 0 Å². The molecule has 1 aromatic rings. The van der Waals surface area contributed by atoms with Gasteiger partial charge in [0.15, 0.2) is 5.11 Å². The van der Waals surface area contributed by atoms with Crippen molar-refractivity contribution in [1.29, 1.82) is 0 Å². The van der Waals surface area contributed by atoms with Crippen molar-refractivity contribution in [2.24, 2.45) is 0 Å². The zero-order valence-electron chi connectivity index (χ0n) is 14.0. The zero-order chi connectivity index (χ0) is 18.1. The van der Waals surface area contributed by atoms with Crippen molar-refractivity contribution >= 4 is 46.4 Å². The minimum atomic E-state index is -0.413. The molecule has 0 bridgehead atoms. The van der Waals surface area contributed by atoms with E-state index in [0.717, 1.165) is 11.3 Å². The molecule has 0 unspecified atom stereocenters. The Labute approximate surface area is 162 Å². The molecule has 0 radical (unpaired) electrons. The fourth-order valence-electron chi connectivity index (χ4n) is 3.02. The number of carbonyl (C=O) groups is 1. The molecular formula is C17H19Cl2N3O2S. The van der Waals surface area contributed by atoms with Crippen LogP contribution in [0, 0.1) is 0 Å². The van der Waals surface area contributed by atoms with Gasteiger partial charge >= 0.3 is 0 Å². The second-order valence-corrected chi connectivity index (χ2v) is 7.24. The van der Waals surface area contributed by atoms with Crippen molar-refractivity contribution < 1.29 is 9.53 Å². The summed E-state index contributed by atoms with van der Waals surface area (Å²) in [6.07, 6.45) is 0. The van der Waals surface area contributed by atoms with Crippen LogP contribution in [0.1, 0.15) is 18.5 Å². The summed E-state index contributed by atoms with van der Waals surface area (Å²) in [5.41, 5.74) is 2.23. The second-order valence-electron chi connectivity index (χ2n) is 6.01. The highest BCUT2D eigenvalue weighted by Gasteiger charge is 2.36. The summed E-state index contributed by atoms with van der Waals surface area (Å²) in [5, 5.41) is 4.83. The summed E-state index contributed by atoms with van der Waals surface area (Å²) in [7, 11) is 1.84. The highest BCUT2D eigenvalue weighted by molar-refractivity contribution is 7.80. The number of carbonyl (C=O) groups excluding carboxylic acids is 1. The molecule has 1 aromatic carbocycles. The van der Waals surface area contributed by atoms with Crippen LogP contribution in [0.4, 0.5) is 0 Å². The molecule has 0 saturated carbocycles. The molecule has 134 valence electrons. The molecule has 1 saturated heterocycles. The van der Waals surface area contributed by atoms with E-state index in [1.807, 2.05) is 29.8 Å². The van der Waals surface area contributed by atoms with Gasteiger partial charge in [0, 0.05) is 35.9 Å². The Morgan fingerprint density at radius 1 is 1.32 bits per heavy atom. The highest BCUT2D eigenvalue weighted by Crippen LogP contribution is 2.35. The van der Waals surface area contributed by atoms with Gasteiger partial charge in [-0.2, -0.15) is 0 Å². The molecular weight excluding hydrogens is 381 g/mol. The van der Waals surface area contributed by atoms with E-state index in [2.05, 4.69) is 5.32 Å². The normalized spacial score (nSPS) is 21.4. The van der Waals surface area contributed by atoms with Crippen LogP contribution in [0.15, 0.2) is 29.5 Å². The van der Waals surface area contributed by atoms with Gasteiger partial charge in [-0.3, -0.25) is 4.79 Å². The maximum absolute atomic E-state index is 13.2. The Kier molecular flexibility index (Phi) is 5.53. The molecule has 3 rings (SSSR count). The largest absolute Gasteiger partial charge is 0.378 e. The number of rotatable bonds is 2. The summed E-state index contributed by atoms with van der Waals surface area (Å²) in [6, 6.07) is 4.85. The van der Waals surface area contributed by atoms with E-state index in [0.29, 0.717) is 47.0 Å². The molecule has 2 aliphatic rings. The van der Waals surface area contributed by atoms with E-state index < -0.39 is 6.04 Å². The number of benzene rings is 1. The van der Waals surface area contributed by atoms with Crippen LogP contribution >= 0.6 is 35.4 Å². The number of nitrogens with zero attached hydrogens (tertiary/aromatic N) is 2. The first-order valence-electron chi connectivity index (χ1n) is 7.97. The fourth-order valence-corrected chi connectivity index (χ4v) is 3.79. The molecule has 0 spiro atoms. The van der Waals surface area contributed by atoms with Crippen molar-refractivity contribution in [1.82, 2.24) is 15.1 Å². The van der Waals surface area contributed by atoms with E-state index >= 15 is 0 Å². The Hall–Kier alpha value is -1.34. The molecule has 5 nitrogen and oxygen atoms in total. The van der Waals surface area contributed by atoms with E-state index in [-0.39, 0.29) is 5.91 Å². The molecule has 2 heterocycles. The Morgan fingerprint density at radius 2 is 2.00 bits per heavy atom. The predicted molar refractivity (Wildman–Crippen MR) is 103 cm³/mol. The van der Waals surface area contributed by atoms with Crippen LogP contribution in [-0.4, -0.2) is 54.2 Å². The number of amides is 1. The van der Waals surface area contributed by atoms with Crippen molar-refractivity contribution in [3.05, 3.63) is 45.1 Å². The maximum atomic E-state index is 13.2. The zero-order valence-corrected chi connectivity index (χ0v) is 16.3. The molecule has 0 aromatic heterocycles. The van der Waals surface area contributed by atoms with Gasteiger partial charge in [0.25, 0.3) is 5.91 Å². The summed E-state index contributed by atoms with van der Waals surface area (Å²) >= 11 is 17.8. The standard InChI is InChI=1S/C17H19Cl2N3O2S/c1-10-14(16(23)22-5-7-24-8-6-22)15(20-17(25)21(10)2)12-4-3-11(18)9-13(12)19/h3-4,9,15H,5-8H2,1-2H3,(H,20,25)/t15-/m0/s1. The number of ether oxygens (including phenoxy) is 1. The van der Waals surface area contributed by atoms with Gasteiger partial charge in [0.1, 0.15) is 0 Å². The minimum absolute atomic E-state index is 0.0290. The second kappa shape index (κ2) is 7.50. The smallest absolute Gasteiger partial charge is 0.254 e. The molecule has 0 aliphatic carbocycles. The third-order valence-corrected chi connectivity index (χ3v) is 5.51. The number of thiocarbonyl (C=S) groups is 1. The predicted octanol–water partition coefficient (Wildman–Crippen LogP) is 2.99. The molecule has 25 heavy (non-hydrogen) atoms. The minimum Gasteiger partial charge on any atom is -0.378 e. The lowest BCUT2D eigenvalue weighted by molar-refractivity contribution is -0.131. The third-order valence-electron chi connectivity index (χ3n) is 4.56. The monoisotopic (exact) mass is 399 g/mol. The summed E-state index contributed by atoms with van der Waals surface area (Å²) < 4.78 is 5.35. The number of halogens is 2. The van der Waals surface area contributed by atoms with Gasteiger partial charge in [-0.25, -0.2) is 0 Å². The number of morpholine rings is 1. The SMILES string of the molecule is CC1=C(C(=O)N2CCOCC2)[C@H](c2ccc(Cl)cc2Cl)NC(=S)N1C. The van der Waals surface area contributed by atoms with Gasteiger partial charge in [-0.05, 0) is 36.8 Å². The van der Waals surface area contributed by atoms with E-state index in [1.54, 1.807) is 12.1 Å². The number of hydrogen-bond acceptors (Lipinski definition) is 3. The van der Waals surface area contributed by atoms with Crippen LogP contribution in [0.3, 0.4) is 0 Å². The maximum Gasteiger partial charge on any atom is 0.254 e. The lowest BCUT2D eigenvalue weighted by atomic mass is 9.94. The van der Waals surface area contributed by atoms with E-state index in [4.69, 9.17) is 40.2 Å². The topological polar surface area (TPSA) is 44.8 Å². The summed E-state index contributed by atoms with van der Waals surface area (Å²) in [4.78, 5) is 16.8. The van der Waals surface area contributed by atoms with Gasteiger partial charge in [-0.1, -0.05) is 29.3 Å². The number of nitrogens with one attached hydrogen (secondary N) is 1. The van der Waals surface area contributed by atoms with Crippen molar-refractivity contribution in [2.75, 3.05) is 33.4 Å². The lowest BCUT2D eigenvalue weighted by Crippen LogP contribution is -2.50. The van der Waals surface area contributed by atoms with Crippen molar-refractivity contribution in [2.45, 2.75) is 13.0 Å².